The van der Waals surface area contributed by atoms with Crippen molar-refractivity contribution in [3.05, 3.63) is 23.0 Å². The van der Waals surface area contributed by atoms with Crippen LogP contribution in [-0.4, -0.2) is 16.1 Å². The highest BCUT2D eigenvalue weighted by Crippen LogP contribution is 2.45. The van der Waals surface area contributed by atoms with E-state index in [0.29, 0.717) is 11.5 Å². The summed E-state index contributed by atoms with van der Waals surface area (Å²) in [5.41, 5.74) is 11.2. The SMILES string of the molecule is CSC1CCCC1n1c(C)cc2c1CC(C)(C)CC2N. The van der Waals surface area contributed by atoms with Gasteiger partial charge in [-0.05, 0) is 55.9 Å². The molecule has 2 nitrogen and oxygen atoms in total. The Morgan fingerprint density at radius 2 is 2.10 bits per heavy atom. The molecule has 112 valence electrons. The van der Waals surface area contributed by atoms with Gasteiger partial charge in [-0.3, -0.25) is 0 Å². The molecule has 3 atom stereocenters. The minimum atomic E-state index is 0.225. The fourth-order valence-corrected chi connectivity index (χ4v) is 5.38. The zero-order valence-corrected chi connectivity index (χ0v) is 14.1. The second kappa shape index (κ2) is 5.10. The number of hydrogen-bond donors (Lipinski definition) is 1. The summed E-state index contributed by atoms with van der Waals surface area (Å²) in [5.74, 6) is 0. The molecule has 1 saturated carbocycles. The van der Waals surface area contributed by atoms with E-state index in [1.807, 2.05) is 11.8 Å². The summed E-state index contributed by atoms with van der Waals surface area (Å²) in [5, 5.41) is 0.784. The van der Waals surface area contributed by atoms with Gasteiger partial charge in [-0.1, -0.05) is 20.3 Å². The van der Waals surface area contributed by atoms with Gasteiger partial charge in [0, 0.05) is 28.7 Å². The average molecular weight is 292 g/mol. The standard InChI is InChI=1S/C17H28N2S/c1-11-8-12-13(18)9-17(2,3)10-15(12)19(11)14-6-5-7-16(14)20-4/h8,13-14,16H,5-7,9-10,18H2,1-4H3. The van der Waals surface area contributed by atoms with E-state index in [0.717, 1.165) is 11.7 Å². The summed E-state index contributed by atoms with van der Waals surface area (Å²) in [6.07, 6.45) is 8.64. The van der Waals surface area contributed by atoms with Gasteiger partial charge < -0.3 is 10.3 Å². The highest BCUT2D eigenvalue weighted by Gasteiger charge is 2.37. The lowest BCUT2D eigenvalue weighted by molar-refractivity contribution is 0.271. The van der Waals surface area contributed by atoms with Crippen LogP contribution in [-0.2, 0) is 6.42 Å². The van der Waals surface area contributed by atoms with Crippen molar-refractivity contribution in [2.75, 3.05) is 6.26 Å². The van der Waals surface area contributed by atoms with Gasteiger partial charge in [0.15, 0.2) is 0 Å². The molecule has 1 aromatic rings. The van der Waals surface area contributed by atoms with E-state index in [-0.39, 0.29) is 6.04 Å². The molecule has 0 aromatic carbocycles. The molecule has 0 saturated heterocycles. The van der Waals surface area contributed by atoms with Crippen molar-refractivity contribution < 1.29 is 0 Å². The lowest BCUT2D eigenvalue weighted by atomic mass is 9.74. The molecule has 2 N–H and O–H groups in total. The topological polar surface area (TPSA) is 30.9 Å². The minimum Gasteiger partial charge on any atom is -0.344 e. The van der Waals surface area contributed by atoms with Crippen molar-refractivity contribution in [2.24, 2.45) is 11.1 Å². The first kappa shape index (κ1) is 14.5. The van der Waals surface area contributed by atoms with Gasteiger partial charge in [-0.2, -0.15) is 11.8 Å². The molecule has 0 aliphatic heterocycles. The predicted molar refractivity (Wildman–Crippen MR) is 88.4 cm³/mol. The Kier molecular flexibility index (Phi) is 3.70. The minimum absolute atomic E-state index is 0.225. The monoisotopic (exact) mass is 292 g/mol. The Bertz CT molecular complexity index is 503. The first-order valence-electron chi connectivity index (χ1n) is 7.92. The first-order valence-corrected chi connectivity index (χ1v) is 9.21. The summed E-state index contributed by atoms with van der Waals surface area (Å²) in [7, 11) is 0. The number of rotatable bonds is 2. The van der Waals surface area contributed by atoms with E-state index in [1.54, 1.807) is 0 Å². The Labute approximate surface area is 127 Å². The number of aromatic nitrogens is 1. The fraction of sp³-hybridized carbons (Fsp3) is 0.765. The third-order valence-electron chi connectivity index (χ3n) is 5.24. The lowest BCUT2D eigenvalue weighted by Gasteiger charge is -2.36. The highest BCUT2D eigenvalue weighted by atomic mass is 32.2. The van der Waals surface area contributed by atoms with Crippen molar-refractivity contribution >= 4 is 11.8 Å². The van der Waals surface area contributed by atoms with Crippen molar-refractivity contribution in [2.45, 2.75) is 70.2 Å². The third kappa shape index (κ3) is 2.33. The number of nitrogens with zero attached hydrogens (tertiary/aromatic N) is 1. The summed E-state index contributed by atoms with van der Waals surface area (Å²) in [6, 6.07) is 3.28. The normalized spacial score (nSPS) is 32.4. The van der Waals surface area contributed by atoms with Crippen LogP contribution in [0, 0.1) is 12.3 Å². The molecule has 20 heavy (non-hydrogen) atoms. The number of thioether (sulfide) groups is 1. The van der Waals surface area contributed by atoms with Gasteiger partial charge in [0.25, 0.3) is 0 Å². The summed E-state index contributed by atoms with van der Waals surface area (Å²) >= 11 is 2.05. The average Bonchev–Trinajstić information content (AvgIpc) is 2.91. The number of hydrogen-bond acceptors (Lipinski definition) is 2. The highest BCUT2D eigenvalue weighted by molar-refractivity contribution is 7.99. The first-order chi connectivity index (χ1) is 9.43. The summed E-state index contributed by atoms with van der Waals surface area (Å²) in [4.78, 5) is 0. The van der Waals surface area contributed by atoms with Crippen LogP contribution in [0.2, 0.25) is 0 Å². The van der Waals surface area contributed by atoms with Crippen LogP contribution in [0.1, 0.15) is 68.6 Å². The molecule has 3 unspecified atom stereocenters. The summed E-state index contributed by atoms with van der Waals surface area (Å²) < 4.78 is 2.66. The molecule has 2 aliphatic carbocycles. The Hall–Kier alpha value is -0.410. The number of nitrogens with two attached hydrogens (primary N) is 1. The van der Waals surface area contributed by atoms with Crippen molar-refractivity contribution in [1.29, 1.82) is 0 Å². The molecule has 0 radical (unpaired) electrons. The van der Waals surface area contributed by atoms with E-state index in [1.165, 1.54) is 42.6 Å². The lowest BCUT2D eigenvalue weighted by Crippen LogP contribution is -2.31. The van der Waals surface area contributed by atoms with Gasteiger partial charge in [0.1, 0.15) is 0 Å². The van der Waals surface area contributed by atoms with Gasteiger partial charge in [0.2, 0.25) is 0 Å². The van der Waals surface area contributed by atoms with E-state index in [2.05, 4.69) is 37.7 Å². The van der Waals surface area contributed by atoms with E-state index < -0.39 is 0 Å². The molecule has 0 amide bonds. The molecule has 1 fully saturated rings. The van der Waals surface area contributed by atoms with Crippen LogP contribution in [0.4, 0.5) is 0 Å². The zero-order valence-electron chi connectivity index (χ0n) is 13.3. The molecule has 2 aliphatic rings. The van der Waals surface area contributed by atoms with Crippen LogP contribution in [0.15, 0.2) is 6.07 Å². The largest absolute Gasteiger partial charge is 0.344 e. The number of fused-ring (bicyclic) bond motifs is 1. The smallest absolute Gasteiger partial charge is 0.0454 e. The van der Waals surface area contributed by atoms with E-state index in [4.69, 9.17) is 5.73 Å². The molecule has 0 bridgehead atoms. The Morgan fingerprint density at radius 3 is 2.80 bits per heavy atom. The second-order valence-corrected chi connectivity index (χ2v) is 8.56. The zero-order chi connectivity index (χ0) is 14.5. The Morgan fingerprint density at radius 1 is 1.35 bits per heavy atom. The molecular formula is C17H28N2S. The summed E-state index contributed by atoms with van der Waals surface area (Å²) in [6.45, 7) is 7.00. The third-order valence-corrected chi connectivity index (χ3v) is 6.39. The van der Waals surface area contributed by atoms with Crippen molar-refractivity contribution in [3.63, 3.8) is 0 Å². The van der Waals surface area contributed by atoms with Gasteiger partial charge >= 0.3 is 0 Å². The molecule has 3 heteroatoms. The van der Waals surface area contributed by atoms with Gasteiger partial charge in [-0.25, -0.2) is 0 Å². The van der Waals surface area contributed by atoms with Gasteiger partial charge in [0.05, 0.1) is 0 Å². The maximum Gasteiger partial charge on any atom is 0.0454 e. The van der Waals surface area contributed by atoms with Crippen LogP contribution in [0.3, 0.4) is 0 Å². The van der Waals surface area contributed by atoms with Crippen molar-refractivity contribution in [3.8, 4) is 0 Å². The molecule has 1 aromatic heterocycles. The van der Waals surface area contributed by atoms with Crippen molar-refractivity contribution in [1.82, 2.24) is 4.57 Å². The van der Waals surface area contributed by atoms with Crippen LogP contribution < -0.4 is 5.73 Å². The molecule has 0 spiro atoms. The maximum absolute atomic E-state index is 6.45. The van der Waals surface area contributed by atoms with Crippen LogP contribution in [0.25, 0.3) is 0 Å². The van der Waals surface area contributed by atoms with E-state index >= 15 is 0 Å². The van der Waals surface area contributed by atoms with Crippen LogP contribution >= 0.6 is 11.8 Å². The quantitative estimate of drug-likeness (QED) is 0.884. The molecular weight excluding hydrogens is 264 g/mol. The van der Waals surface area contributed by atoms with E-state index in [9.17, 15) is 0 Å². The van der Waals surface area contributed by atoms with Gasteiger partial charge in [-0.15, -0.1) is 0 Å². The second-order valence-electron chi connectivity index (χ2n) is 7.48. The number of aryl methyl sites for hydroxylation is 1. The molecule has 3 rings (SSSR count). The fourth-order valence-electron chi connectivity index (χ4n) is 4.41. The predicted octanol–water partition coefficient (Wildman–Crippen LogP) is 4.23. The maximum atomic E-state index is 6.45. The molecule has 1 heterocycles. The van der Waals surface area contributed by atoms with Crippen LogP contribution in [0.5, 0.6) is 0 Å². The Balaban J connectivity index is 2.04.